The van der Waals surface area contributed by atoms with Crippen molar-refractivity contribution in [2.45, 2.75) is 37.4 Å². The van der Waals surface area contributed by atoms with Crippen LogP contribution in [-0.4, -0.2) is 29.5 Å². The lowest BCUT2D eigenvalue weighted by atomic mass is 10.1. The summed E-state index contributed by atoms with van der Waals surface area (Å²) in [5.74, 6) is 2.79. The van der Waals surface area contributed by atoms with Gasteiger partial charge in [-0.2, -0.15) is 0 Å². The normalized spacial score (nSPS) is 25.1. The lowest BCUT2D eigenvalue weighted by molar-refractivity contribution is 0.398. The highest BCUT2D eigenvalue weighted by atomic mass is 32.2. The Bertz CT molecular complexity index is 334. The third-order valence-electron chi connectivity index (χ3n) is 2.96. The Morgan fingerprint density at radius 2 is 2.38 bits per heavy atom. The van der Waals surface area contributed by atoms with Crippen molar-refractivity contribution in [3.63, 3.8) is 0 Å². The smallest absolute Gasteiger partial charge is 0.232 e. The average molecular weight is 241 g/mol. The van der Waals surface area contributed by atoms with Crippen LogP contribution in [0.25, 0.3) is 0 Å². The first kappa shape index (κ1) is 11.9. The van der Waals surface area contributed by atoms with Crippen LogP contribution in [0.3, 0.4) is 0 Å². The lowest BCUT2D eigenvalue weighted by Crippen LogP contribution is -2.13. The minimum Gasteiger partial charge on any atom is -0.424 e. The highest BCUT2D eigenvalue weighted by molar-refractivity contribution is 8.00. The minimum absolute atomic E-state index is 0.0637. The van der Waals surface area contributed by atoms with Crippen LogP contribution in [0.2, 0.25) is 0 Å². The zero-order chi connectivity index (χ0) is 11.4. The van der Waals surface area contributed by atoms with E-state index in [-0.39, 0.29) is 4.75 Å². The molecule has 1 unspecified atom stereocenters. The number of hydrogen-bond donors (Lipinski definition) is 1. The summed E-state index contributed by atoms with van der Waals surface area (Å²) in [6.07, 6.45) is 4.31. The van der Waals surface area contributed by atoms with Crippen molar-refractivity contribution in [2.24, 2.45) is 0 Å². The van der Waals surface area contributed by atoms with E-state index in [4.69, 9.17) is 4.42 Å². The van der Waals surface area contributed by atoms with Gasteiger partial charge >= 0.3 is 0 Å². The molecular weight excluding hydrogens is 222 g/mol. The van der Waals surface area contributed by atoms with Crippen molar-refractivity contribution < 1.29 is 4.42 Å². The Balaban J connectivity index is 1.96. The monoisotopic (exact) mass is 241 g/mol. The summed E-state index contributed by atoms with van der Waals surface area (Å²) in [6, 6.07) is 0. The van der Waals surface area contributed by atoms with Gasteiger partial charge in [0.05, 0.1) is 4.75 Å². The van der Waals surface area contributed by atoms with Crippen molar-refractivity contribution in [1.82, 2.24) is 15.5 Å². The van der Waals surface area contributed by atoms with E-state index in [0.29, 0.717) is 0 Å². The molecule has 0 saturated carbocycles. The molecule has 4 nitrogen and oxygen atoms in total. The number of thioether (sulfide) groups is 1. The Kier molecular flexibility index (Phi) is 3.86. The molecule has 1 aliphatic heterocycles. The maximum atomic E-state index is 5.75. The average Bonchev–Trinajstić information content (AvgIpc) is 2.88. The van der Waals surface area contributed by atoms with Crippen molar-refractivity contribution in [1.29, 1.82) is 0 Å². The summed E-state index contributed by atoms with van der Waals surface area (Å²) in [5.41, 5.74) is 0. The molecule has 1 N–H and O–H groups in total. The van der Waals surface area contributed by atoms with Crippen molar-refractivity contribution in [3.05, 3.63) is 11.8 Å². The minimum atomic E-state index is 0.0637. The summed E-state index contributed by atoms with van der Waals surface area (Å²) in [4.78, 5) is 0. The molecule has 1 saturated heterocycles. The molecule has 0 amide bonds. The van der Waals surface area contributed by atoms with Crippen LogP contribution in [0.5, 0.6) is 0 Å². The molecule has 0 radical (unpaired) electrons. The van der Waals surface area contributed by atoms with Crippen LogP contribution >= 0.6 is 11.8 Å². The lowest BCUT2D eigenvalue weighted by Gasteiger charge is -2.16. The Morgan fingerprint density at radius 1 is 1.50 bits per heavy atom. The standard InChI is InChI=1S/C11H19N3OS/c1-11(6-4-8-16-11)10-14-13-9(15-10)5-3-7-12-2/h12H,3-8H2,1-2H3. The van der Waals surface area contributed by atoms with Crippen molar-refractivity contribution in [3.8, 4) is 0 Å². The van der Waals surface area contributed by atoms with Gasteiger partial charge in [0.1, 0.15) is 0 Å². The molecular formula is C11H19N3OS. The van der Waals surface area contributed by atoms with Crippen molar-refractivity contribution >= 4 is 11.8 Å². The zero-order valence-corrected chi connectivity index (χ0v) is 10.8. The van der Waals surface area contributed by atoms with Gasteiger partial charge in [0.15, 0.2) is 0 Å². The number of rotatable bonds is 5. The second-order valence-electron chi connectivity index (χ2n) is 4.39. The van der Waals surface area contributed by atoms with E-state index in [1.807, 2.05) is 18.8 Å². The molecule has 0 spiro atoms. The van der Waals surface area contributed by atoms with Crippen LogP contribution in [0, 0.1) is 0 Å². The fraction of sp³-hybridized carbons (Fsp3) is 0.818. The Hall–Kier alpha value is -0.550. The molecule has 90 valence electrons. The highest BCUT2D eigenvalue weighted by Gasteiger charge is 2.36. The summed E-state index contributed by atoms with van der Waals surface area (Å²) >= 11 is 1.93. The van der Waals surface area contributed by atoms with E-state index in [9.17, 15) is 0 Å². The predicted molar refractivity (Wildman–Crippen MR) is 65.6 cm³/mol. The molecule has 5 heteroatoms. The maximum Gasteiger partial charge on any atom is 0.232 e. The van der Waals surface area contributed by atoms with E-state index in [0.717, 1.165) is 37.6 Å². The van der Waals surface area contributed by atoms with Gasteiger partial charge in [-0.05, 0) is 45.5 Å². The molecule has 1 aromatic rings. The molecule has 2 heterocycles. The van der Waals surface area contributed by atoms with Gasteiger partial charge in [0.2, 0.25) is 11.8 Å². The van der Waals surface area contributed by atoms with Crippen LogP contribution in [0.4, 0.5) is 0 Å². The molecule has 1 aliphatic rings. The largest absolute Gasteiger partial charge is 0.424 e. The summed E-state index contributed by atoms with van der Waals surface area (Å²) in [6.45, 7) is 3.19. The predicted octanol–water partition coefficient (Wildman–Crippen LogP) is 1.96. The Labute approximate surface area is 101 Å². The first-order valence-corrected chi connectivity index (χ1v) is 6.84. The second kappa shape index (κ2) is 5.19. The Morgan fingerprint density at radius 3 is 3.06 bits per heavy atom. The van der Waals surface area contributed by atoms with Crippen LogP contribution in [0.1, 0.15) is 38.0 Å². The molecule has 2 rings (SSSR count). The first-order chi connectivity index (χ1) is 7.74. The molecule has 0 aromatic carbocycles. The van der Waals surface area contributed by atoms with Crippen LogP contribution in [-0.2, 0) is 11.2 Å². The van der Waals surface area contributed by atoms with Gasteiger partial charge in [-0.25, -0.2) is 0 Å². The number of nitrogens with one attached hydrogen (secondary N) is 1. The van der Waals surface area contributed by atoms with E-state index in [1.54, 1.807) is 0 Å². The second-order valence-corrected chi connectivity index (χ2v) is 5.99. The molecule has 1 fully saturated rings. The van der Waals surface area contributed by atoms with Crippen LogP contribution < -0.4 is 5.32 Å². The number of hydrogen-bond acceptors (Lipinski definition) is 5. The number of aromatic nitrogens is 2. The fourth-order valence-corrected chi connectivity index (χ4v) is 3.17. The van der Waals surface area contributed by atoms with Gasteiger partial charge in [-0.1, -0.05) is 0 Å². The summed E-state index contributed by atoms with van der Waals surface area (Å²) < 4.78 is 5.81. The summed E-state index contributed by atoms with van der Waals surface area (Å²) in [7, 11) is 1.95. The summed E-state index contributed by atoms with van der Waals surface area (Å²) in [5, 5.41) is 11.4. The molecule has 1 atom stereocenters. The third-order valence-corrected chi connectivity index (χ3v) is 4.46. The zero-order valence-electron chi connectivity index (χ0n) is 9.95. The van der Waals surface area contributed by atoms with Gasteiger partial charge in [0, 0.05) is 6.42 Å². The van der Waals surface area contributed by atoms with Crippen LogP contribution in [0.15, 0.2) is 4.42 Å². The molecule has 0 bridgehead atoms. The SMILES string of the molecule is CNCCCc1nnc(C2(C)CCCS2)o1. The van der Waals surface area contributed by atoms with Gasteiger partial charge in [0.25, 0.3) is 0 Å². The topological polar surface area (TPSA) is 51.0 Å². The van der Waals surface area contributed by atoms with Crippen molar-refractivity contribution in [2.75, 3.05) is 19.3 Å². The molecule has 1 aromatic heterocycles. The van der Waals surface area contributed by atoms with E-state index in [2.05, 4.69) is 22.4 Å². The number of aryl methyl sites for hydroxylation is 1. The van der Waals surface area contributed by atoms with E-state index >= 15 is 0 Å². The third kappa shape index (κ3) is 2.58. The fourth-order valence-electron chi connectivity index (χ4n) is 1.93. The highest BCUT2D eigenvalue weighted by Crippen LogP contribution is 2.45. The van der Waals surface area contributed by atoms with E-state index in [1.165, 1.54) is 12.2 Å². The van der Waals surface area contributed by atoms with E-state index < -0.39 is 0 Å². The quantitative estimate of drug-likeness (QED) is 0.799. The van der Waals surface area contributed by atoms with Gasteiger partial charge in [-0.3, -0.25) is 0 Å². The number of nitrogens with zero attached hydrogens (tertiary/aromatic N) is 2. The van der Waals surface area contributed by atoms with Gasteiger partial charge in [-0.15, -0.1) is 22.0 Å². The maximum absolute atomic E-state index is 5.75. The molecule has 16 heavy (non-hydrogen) atoms. The molecule has 0 aliphatic carbocycles. The first-order valence-electron chi connectivity index (χ1n) is 5.86. The van der Waals surface area contributed by atoms with Gasteiger partial charge < -0.3 is 9.73 Å².